The summed E-state index contributed by atoms with van der Waals surface area (Å²) in [4.78, 5) is 11.6. The van der Waals surface area contributed by atoms with Crippen molar-refractivity contribution in [3.8, 4) is 0 Å². The van der Waals surface area contributed by atoms with Gasteiger partial charge in [-0.2, -0.15) is 8.42 Å². The van der Waals surface area contributed by atoms with Crippen molar-refractivity contribution in [2.24, 2.45) is 0 Å². The van der Waals surface area contributed by atoms with Crippen molar-refractivity contribution in [2.45, 2.75) is 13.0 Å². The molecule has 7 nitrogen and oxygen atoms in total. The highest BCUT2D eigenvalue weighted by atomic mass is 32.2. The van der Waals surface area contributed by atoms with Crippen LogP contribution >= 0.6 is 0 Å². The fourth-order valence-electron chi connectivity index (χ4n) is 2.02. The largest absolute Gasteiger partial charge is 0.445 e. The molecule has 1 amide bonds. The molecule has 1 aromatic rings. The molecule has 0 aliphatic carbocycles. The lowest BCUT2D eigenvalue weighted by molar-refractivity contribution is -0.889. The number of ether oxygens (including phenoxy) is 1. The number of hydrogen-bond acceptors (Lipinski definition) is 4. The Balaban J connectivity index is 2.20. The van der Waals surface area contributed by atoms with Crippen LogP contribution in [0.5, 0.6) is 0 Å². The van der Waals surface area contributed by atoms with Crippen LogP contribution in [0.25, 0.3) is 0 Å². The zero-order chi connectivity index (χ0) is 17.3. The molecule has 0 atom stereocenters. The first-order valence-corrected chi connectivity index (χ1v) is 9.01. The Hall–Kier alpha value is -1.64. The number of amides is 1. The number of hydrogen-bond donors (Lipinski definition) is 2. The molecule has 0 unspecified atom stereocenters. The second kappa shape index (κ2) is 8.85. The fraction of sp³-hybridized carbons (Fsp3) is 0.533. The molecule has 0 saturated heterocycles. The summed E-state index contributed by atoms with van der Waals surface area (Å²) in [6.45, 7) is 1.86. The second-order valence-corrected chi connectivity index (χ2v) is 7.58. The van der Waals surface area contributed by atoms with Crippen molar-refractivity contribution in [3.63, 3.8) is 0 Å². The maximum Gasteiger partial charge on any atom is 0.407 e. The normalized spacial score (nSPS) is 12.0. The number of likely N-dealkylation sites (N-methyl/N-ethyl adjacent to an activating group) is 1. The SMILES string of the molecule is C[N+](C)(CCCS(=O)(=O)O)CCNC(=O)OCc1ccccc1. The van der Waals surface area contributed by atoms with Gasteiger partial charge in [-0.1, -0.05) is 30.3 Å². The highest BCUT2D eigenvalue weighted by molar-refractivity contribution is 7.85. The molecule has 0 aromatic heterocycles. The van der Waals surface area contributed by atoms with Gasteiger partial charge >= 0.3 is 6.09 Å². The van der Waals surface area contributed by atoms with E-state index in [1.54, 1.807) is 0 Å². The van der Waals surface area contributed by atoms with E-state index in [1.807, 2.05) is 44.4 Å². The molecule has 0 spiro atoms. The van der Waals surface area contributed by atoms with Crippen LogP contribution in [-0.2, 0) is 21.5 Å². The van der Waals surface area contributed by atoms with E-state index in [4.69, 9.17) is 9.29 Å². The minimum Gasteiger partial charge on any atom is -0.445 e. The van der Waals surface area contributed by atoms with Gasteiger partial charge in [0.05, 0.1) is 39.5 Å². The summed E-state index contributed by atoms with van der Waals surface area (Å²) >= 11 is 0. The zero-order valence-corrected chi connectivity index (χ0v) is 14.4. The predicted molar refractivity (Wildman–Crippen MR) is 87.5 cm³/mol. The summed E-state index contributed by atoms with van der Waals surface area (Å²) in [5.74, 6) is -0.249. The van der Waals surface area contributed by atoms with E-state index in [-0.39, 0.29) is 12.4 Å². The number of rotatable bonds is 9. The molecule has 0 fully saturated rings. The number of carbonyl (C=O) groups is 1. The maximum absolute atomic E-state index is 11.6. The van der Waals surface area contributed by atoms with Crippen LogP contribution in [0.15, 0.2) is 30.3 Å². The Morgan fingerprint density at radius 2 is 1.87 bits per heavy atom. The standard InChI is InChI=1S/C15H24N2O5S/c1-17(2,10-6-12-23(19,20)21)11-9-16-15(18)22-13-14-7-4-3-5-8-14/h3-5,7-8H,6,9-13H2,1-2H3,(H-,16,18,19,20,21)/p+1. The maximum atomic E-state index is 11.6. The van der Waals surface area contributed by atoms with Crippen molar-refractivity contribution in [1.29, 1.82) is 0 Å². The van der Waals surface area contributed by atoms with Crippen LogP contribution < -0.4 is 5.32 Å². The number of benzene rings is 1. The van der Waals surface area contributed by atoms with Crippen molar-refractivity contribution in [2.75, 3.05) is 39.5 Å². The van der Waals surface area contributed by atoms with Gasteiger partial charge in [0.25, 0.3) is 10.1 Å². The molecule has 1 aromatic carbocycles. The molecule has 1 rings (SSSR count). The molecular formula is C15H25N2O5S+. The van der Waals surface area contributed by atoms with Crippen molar-refractivity contribution in [3.05, 3.63) is 35.9 Å². The van der Waals surface area contributed by atoms with Crippen LogP contribution in [0.3, 0.4) is 0 Å². The molecule has 0 bridgehead atoms. The number of alkyl carbamates (subject to hydrolysis) is 1. The Morgan fingerprint density at radius 1 is 1.22 bits per heavy atom. The third kappa shape index (κ3) is 9.88. The molecule has 0 saturated carbocycles. The average Bonchev–Trinajstić information content (AvgIpc) is 2.44. The summed E-state index contributed by atoms with van der Waals surface area (Å²) in [5, 5.41) is 2.67. The smallest absolute Gasteiger partial charge is 0.407 e. The zero-order valence-electron chi connectivity index (χ0n) is 13.6. The molecular weight excluding hydrogens is 320 g/mol. The van der Waals surface area contributed by atoms with Gasteiger partial charge in [0.1, 0.15) is 6.61 Å². The minimum atomic E-state index is -3.91. The Bertz CT molecular complexity index is 587. The van der Waals surface area contributed by atoms with Crippen molar-refractivity contribution in [1.82, 2.24) is 5.32 Å². The van der Waals surface area contributed by atoms with E-state index in [0.717, 1.165) is 5.56 Å². The van der Waals surface area contributed by atoms with Gasteiger partial charge in [-0.3, -0.25) is 4.55 Å². The van der Waals surface area contributed by atoms with Gasteiger partial charge < -0.3 is 14.5 Å². The van der Waals surface area contributed by atoms with Gasteiger partial charge in [-0.15, -0.1) is 0 Å². The second-order valence-electron chi connectivity index (χ2n) is 6.01. The lowest BCUT2D eigenvalue weighted by Gasteiger charge is -2.29. The summed E-state index contributed by atoms with van der Waals surface area (Å²) < 4.78 is 35.7. The molecule has 0 aliphatic heterocycles. The van der Waals surface area contributed by atoms with Crippen LogP contribution in [0.2, 0.25) is 0 Å². The molecule has 130 valence electrons. The van der Waals surface area contributed by atoms with E-state index < -0.39 is 16.2 Å². The molecule has 8 heteroatoms. The Morgan fingerprint density at radius 3 is 2.48 bits per heavy atom. The topological polar surface area (TPSA) is 92.7 Å². The van der Waals surface area contributed by atoms with Crippen molar-refractivity contribution >= 4 is 16.2 Å². The van der Waals surface area contributed by atoms with Gasteiger partial charge in [-0.25, -0.2) is 4.79 Å². The average molecular weight is 345 g/mol. The molecule has 23 heavy (non-hydrogen) atoms. The lowest BCUT2D eigenvalue weighted by atomic mass is 10.2. The summed E-state index contributed by atoms with van der Waals surface area (Å²) in [5.41, 5.74) is 0.920. The fourth-order valence-corrected chi connectivity index (χ4v) is 2.52. The molecule has 2 N–H and O–H groups in total. The molecule has 0 aliphatic rings. The number of quaternary nitrogens is 1. The highest BCUT2D eigenvalue weighted by Crippen LogP contribution is 2.02. The van der Waals surface area contributed by atoms with Crippen LogP contribution in [-0.4, -0.2) is 63.0 Å². The van der Waals surface area contributed by atoms with Gasteiger partial charge in [0, 0.05) is 6.42 Å². The van der Waals surface area contributed by atoms with E-state index in [1.165, 1.54) is 0 Å². The van der Waals surface area contributed by atoms with E-state index in [9.17, 15) is 13.2 Å². The van der Waals surface area contributed by atoms with E-state index >= 15 is 0 Å². The van der Waals surface area contributed by atoms with E-state index in [2.05, 4.69) is 5.32 Å². The summed E-state index contributed by atoms with van der Waals surface area (Å²) in [7, 11) is -0.0509. The number of carbonyl (C=O) groups excluding carboxylic acids is 1. The third-order valence-electron chi connectivity index (χ3n) is 3.36. The first-order chi connectivity index (χ1) is 10.7. The predicted octanol–water partition coefficient (Wildman–Crippen LogP) is 1.27. The highest BCUT2D eigenvalue weighted by Gasteiger charge is 2.17. The lowest BCUT2D eigenvalue weighted by Crippen LogP contribution is -2.46. The van der Waals surface area contributed by atoms with Crippen molar-refractivity contribution < 1.29 is 27.0 Å². The summed E-state index contributed by atoms with van der Waals surface area (Å²) in [6.07, 6.45) is -0.114. The molecule has 0 radical (unpaired) electrons. The first-order valence-electron chi connectivity index (χ1n) is 7.40. The van der Waals surface area contributed by atoms with Crippen LogP contribution in [0.1, 0.15) is 12.0 Å². The number of nitrogens with one attached hydrogen (secondary N) is 1. The van der Waals surface area contributed by atoms with E-state index in [0.29, 0.717) is 30.5 Å². The van der Waals surface area contributed by atoms with Crippen LogP contribution in [0, 0.1) is 0 Å². The minimum absolute atomic E-state index is 0.222. The molecule has 0 heterocycles. The number of nitrogens with zero attached hydrogens (tertiary/aromatic N) is 1. The van der Waals surface area contributed by atoms with Gasteiger partial charge in [-0.05, 0) is 5.56 Å². The van der Waals surface area contributed by atoms with Crippen LogP contribution in [0.4, 0.5) is 4.79 Å². The first kappa shape index (κ1) is 19.4. The summed E-state index contributed by atoms with van der Waals surface area (Å²) in [6, 6.07) is 9.41. The van der Waals surface area contributed by atoms with Gasteiger partial charge in [0.2, 0.25) is 0 Å². The Labute approximate surface area is 137 Å². The Kier molecular flexibility index (Phi) is 7.47. The van der Waals surface area contributed by atoms with Gasteiger partial charge in [0.15, 0.2) is 0 Å². The third-order valence-corrected chi connectivity index (χ3v) is 4.17. The monoisotopic (exact) mass is 345 g/mol. The quantitative estimate of drug-likeness (QED) is 0.519.